The summed E-state index contributed by atoms with van der Waals surface area (Å²) in [6.07, 6.45) is 0. The molecule has 0 spiro atoms. The van der Waals surface area contributed by atoms with E-state index in [4.69, 9.17) is 11.5 Å². The third-order valence-corrected chi connectivity index (χ3v) is 3.76. The molecule has 0 heterocycles. The quantitative estimate of drug-likeness (QED) is 0.556. The van der Waals surface area contributed by atoms with Crippen molar-refractivity contribution in [1.82, 2.24) is 0 Å². The lowest BCUT2D eigenvalue weighted by atomic mass is 9.93. The van der Waals surface area contributed by atoms with Gasteiger partial charge in [0, 0.05) is 11.1 Å². The van der Waals surface area contributed by atoms with Crippen molar-refractivity contribution >= 4 is 22.6 Å². The Hall–Kier alpha value is -3.72. The Morgan fingerprint density at radius 1 is 1.08 bits per heavy atom. The molecule has 3 rings (SSSR count). The number of nitriles is 1. The molecule has 25 heavy (non-hydrogen) atoms. The molecule has 1 amide bonds. The van der Waals surface area contributed by atoms with Gasteiger partial charge >= 0.3 is 0 Å². The fourth-order valence-corrected chi connectivity index (χ4v) is 2.70. The maximum absolute atomic E-state index is 14.4. The van der Waals surface area contributed by atoms with Crippen LogP contribution in [0.25, 0.3) is 21.9 Å². The minimum Gasteiger partial charge on any atom is -0.370 e. The van der Waals surface area contributed by atoms with Crippen LogP contribution in [0.4, 0.5) is 4.39 Å². The van der Waals surface area contributed by atoms with Gasteiger partial charge in [-0.2, -0.15) is 10.3 Å². The number of guanidine groups is 1. The molecule has 0 unspecified atom stereocenters. The zero-order chi connectivity index (χ0) is 18.0. The predicted octanol–water partition coefficient (Wildman–Crippen LogP) is 2.93. The number of hydrogen-bond acceptors (Lipinski definition) is 2. The van der Waals surface area contributed by atoms with Gasteiger partial charge in [0.05, 0.1) is 11.6 Å². The van der Waals surface area contributed by atoms with Crippen molar-refractivity contribution in [1.29, 1.82) is 5.26 Å². The standard InChI is InChI=1S/C19H13FN4O/c20-16-6-2-4-13(10-21)17(16)14-5-1-3-11-7-8-12(9-15(11)14)18(25)24-19(22)23/h1-9H,(H4,22,23,24,25). The molecule has 0 aromatic heterocycles. The first kappa shape index (κ1) is 16.1. The van der Waals surface area contributed by atoms with Crippen molar-refractivity contribution in [2.24, 2.45) is 16.5 Å². The van der Waals surface area contributed by atoms with Crippen molar-refractivity contribution in [2.45, 2.75) is 0 Å². The zero-order valence-corrected chi connectivity index (χ0v) is 13.0. The van der Waals surface area contributed by atoms with Gasteiger partial charge in [-0.3, -0.25) is 4.79 Å². The van der Waals surface area contributed by atoms with Crippen molar-refractivity contribution in [2.75, 3.05) is 0 Å². The highest BCUT2D eigenvalue weighted by molar-refractivity contribution is 6.06. The number of carbonyl (C=O) groups excluding carboxylic acids is 1. The molecular formula is C19H13FN4O. The zero-order valence-electron chi connectivity index (χ0n) is 13.0. The van der Waals surface area contributed by atoms with Crippen LogP contribution in [-0.2, 0) is 0 Å². The second-order valence-electron chi connectivity index (χ2n) is 5.36. The topological polar surface area (TPSA) is 105 Å². The van der Waals surface area contributed by atoms with Gasteiger partial charge in [-0.25, -0.2) is 4.39 Å². The maximum Gasteiger partial charge on any atom is 0.280 e. The molecule has 4 N–H and O–H groups in total. The maximum atomic E-state index is 14.4. The molecule has 0 aliphatic carbocycles. The fraction of sp³-hybridized carbons (Fsp3) is 0. The van der Waals surface area contributed by atoms with Crippen LogP contribution in [0.5, 0.6) is 0 Å². The summed E-state index contributed by atoms with van der Waals surface area (Å²) in [4.78, 5) is 15.6. The minimum absolute atomic E-state index is 0.196. The van der Waals surface area contributed by atoms with Gasteiger partial charge in [0.15, 0.2) is 5.96 Å². The van der Waals surface area contributed by atoms with Crippen LogP contribution in [0, 0.1) is 17.1 Å². The van der Waals surface area contributed by atoms with Crippen molar-refractivity contribution < 1.29 is 9.18 Å². The van der Waals surface area contributed by atoms with E-state index in [0.717, 1.165) is 5.39 Å². The van der Waals surface area contributed by atoms with Crippen LogP contribution in [0.1, 0.15) is 15.9 Å². The van der Waals surface area contributed by atoms with E-state index in [1.54, 1.807) is 36.4 Å². The summed E-state index contributed by atoms with van der Waals surface area (Å²) < 4.78 is 14.4. The molecule has 3 aromatic carbocycles. The van der Waals surface area contributed by atoms with E-state index < -0.39 is 11.7 Å². The van der Waals surface area contributed by atoms with Gasteiger partial charge in [-0.15, -0.1) is 0 Å². The summed E-state index contributed by atoms with van der Waals surface area (Å²) in [7, 11) is 0. The molecule has 0 fully saturated rings. The molecule has 0 radical (unpaired) electrons. The number of nitrogens with zero attached hydrogens (tertiary/aromatic N) is 2. The Morgan fingerprint density at radius 3 is 2.56 bits per heavy atom. The van der Waals surface area contributed by atoms with Crippen LogP contribution < -0.4 is 11.5 Å². The van der Waals surface area contributed by atoms with E-state index in [0.29, 0.717) is 10.9 Å². The number of benzene rings is 3. The summed E-state index contributed by atoms with van der Waals surface area (Å²) in [6, 6.07) is 16.5. The second kappa shape index (κ2) is 6.42. The van der Waals surface area contributed by atoms with Gasteiger partial charge in [0.1, 0.15) is 5.82 Å². The Labute approximate surface area is 143 Å². The van der Waals surface area contributed by atoms with E-state index in [2.05, 4.69) is 4.99 Å². The number of fused-ring (bicyclic) bond motifs is 1. The van der Waals surface area contributed by atoms with E-state index in [1.807, 2.05) is 12.1 Å². The highest BCUT2D eigenvalue weighted by Gasteiger charge is 2.15. The predicted molar refractivity (Wildman–Crippen MR) is 94.2 cm³/mol. The lowest BCUT2D eigenvalue weighted by molar-refractivity contribution is 0.100. The number of amides is 1. The number of aliphatic imine (C=N–C) groups is 1. The van der Waals surface area contributed by atoms with Crippen LogP contribution in [0.15, 0.2) is 59.6 Å². The summed E-state index contributed by atoms with van der Waals surface area (Å²) in [5, 5.41) is 10.7. The number of carbonyl (C=O) groups is 1. The molecular weight excluding hydrogens is 319 g/mol. The largest absolute Gasteiger partial charge is 0.370 e. The Bertz CT molecular complexity index is 1060. The third kappa shape index (κ3) is 3.03. The highest BCUT2D eigenvalue weighted by Crippen LogP contribution is 2.33. The van der Waals surface area contributed by atoms with E-state index in [9.17, 15) is 14.4 Å². The minimum atomic E-state index is -0.592. The second-order valence-corrected chi connectivity index (χ2v) is 5.36. The Balaban J connectivity index is 2.29. The SMILES string of the molecule is N#Cc1cccc(F)c1-c1cccc2ccc(C(=O)N=C(N)N)cc12. The monoisotopic (exact) mass is 332 g/mol. The summed E-state index contributed by atoms with van der Waals surface area (Å²) in [5.74, 6) is -1.43. The molecule has 122 valence electrons. The first-order valence-electron chi connectivity index (χ1n) is 7.37. The lowest BCUT2D eigenvalue weighted by Crippen LogP contribution is -2.24. The Morgan fingerprint density at radius 2 is 1.84 bits per heavy atom. The van der Waals surface area contributed by atoms with Crippen molar-refractivity contribution in [3.05, 3.63) is 71.5 Å². The van der Waals surface area contributed by atoms with Gasteiger partial charge in [-0.1, -0.05) is 30.3 Å². The molecule has 0 bridgehead atoms. The van der Waals surface area contributed by atoms with Crippen molar-refractivity contribution in [3.8, 4) is 17.2 Å². The molecule has 0 aliphatic rings. The molecule has 6 heteroatoms. The van der Waals surface area contributed by atoms with E-state index in [1.165, 1.54) is 12.1 Å². The third-order valence-electron chi connectivity index (χ3n) is 3.76. The van der Waals surface area contributed by atoms with Crippen LogP contribution in [0.3, 0.4) is 0 Å². The average Bonchev–Trinajstić information content (AvgIpc) is 2.60. The summed E-state index contributed by atoms with van der Waals surface area (Å²) in [6.45, 7) is 0. The average molecular weight is 332 g/mol. The van der Waals surface area contributed by atoms with Crippen molar-refractivity contribution in [3.63, 3.8) is 0 Å². The lowest BCUT2D eigenvalue weighted by Gasteiger charge is -2.10. The highest BCUT2D eigenvalue weighted by atomic mass is 19.1. The van der Waals surface area contributed by atoms with E-state index in [-0.39, 0.29) is 22.6 Å². The molecule has 0 saturated heterocycles. The first-order valence-corrected chi connectivity index (χ1v) is 7.37. The van der Waals surface area contributed by atoms with Gasteiger partial charge in [0.25, 0.3) is 5.91 Å². The van der Waals surface area contributed by atoms with Crippen LogP contribution in [-0.4, -0.2) is 11.9 Å². The number of nitrogens with two attached hydrogens (primary N) is 2. The number of halogens is 1. The smallest absolute Gasteiger partial charge is 0.280 e. The molecule has 5 nitrogen and oxygen atoms in total. The Kier molecular flexibility index (Phi) is 4.14. The molecule has 3 aromatic rings. The summed E-state index contributed by atoms with van der Waals surface area (Å²) >= 11 is 0. The normalized spacial score (nSPS) is 10.2. The molecule has 0 saturated carbocycles. The number of rotatable bonds is 2. The van der Waals surface area contributed by atoms with Crippen LogP contribution in [0.2, 0.25) is 0 Å². The molecule has 0 aliphatic heterocycles. The van der Waals surface area contributed by atoms with Gasteiger partial charge in [0.2, 0.25) is 0 Å². The van der Waals surface area contributed by atoms with Gasteiger partial charge < -0.3 is 11.5 Å². The number of hydrogen-bond donors (Lipinski definition) is 2. The van der Waals surface area contributed by atoms with Gasteiger partial charge in [-0.05, 0) is 40.6 Å². The molecule has 0 atom stereocenters. The summed E-state index contributed by atoms with van der Waals surface area (Å²) in [5.41, 5.74) is 11.7. The van der Waals surface area contributed by atoms with Crippen LogP contribution >= 0.6 is 0 Å². The van der Waals surface area contributed by atoms with E-state index >= 15 is 0 Å². The fourth-order valence-electron chi connectivity index (χ4n) is 2.70. The first-order chi connectivity index (χ1) is 12.0.